The lowest BCUT2D eigenvalue weighted by Gasteiger charge is -2.05. The third-order valence-electron chi connectivity index (χ3n) is 3.61. The second-order valence-corrected chi connectivity index (χ2v) is 7.20. The topological polar surface area (TPSA) is 51.2 Å². The lowest BCUT2D eigenvalue weighted by atomic mass is 10.2. The van der Waals surface area contributed by atoms with Gasteiger partial charge in [0.15, 0.2) is 0 Å². The van der Waals surface area contributed by atoms with Crippen molar-refractivity contribution in [3.63, 3.8) is 0 Å². The molecule has 1 N–H and O–H groups in total. The summed E-state index contributed by atoms with van der Waals surface area (Å²) in [5, 5.41) is 3.35. The maximum Gasteiger partial charge on any atom is 0.267 e. The highest BCUT2D eigenvalue weighted by Gasteiger charge is 2.16. The molecule has 0 aliphatic rings. The molecule has 4 nitrogen and oxygen atoms in total. The molecule has 0 aliphatic carbocycles. The summed E-state index contributed by atoms with van der Waals surface area (Å²) in [7, 11) is 0. The van der Waals surface area contributed by atoms with E-state index < -0.39 is 5.82 Å². The van der Waals surface area contributed by atoms with Crippen LogP contribution < -0.4 is 10.1 Å². The number of rotatable bonds is 5. The van der Waals surface area contributed by atoms with E-state index in [0.29, 0.717) is 21.3 Å². The second-order valence-electron chi connectivity index (χ2n) is 5.71. The van der Waals surface area contributed by atoms with Gasteiger partial charge in [-0.2, -0.15) is 0 Å². The Balaban J connectivity index is 1.67. The lowest BCUT2D eigenvalue weighted by molar-refractivity contribution is 0.103. The number of hydrogen-bond acceptors (Lipinski definition) is 4. The van der Waals surface area contributed by atoms with Gasteiger partial charge in [-0.3, -0.25) is 4.79 Å². The first kappa shape index (κ1) is 18.4. The fraction of sp³-hybridized carbons (Fsp3) is 0.158. The minimum Gasteiger partial charge on any atom is -0.486 e. The van der Waals surface area contributed by atoms with Crippen molar-refractivity contribution in [1.82, 2.24) is 4.98 Å². The Hall–Kier alpha value is -2.44. The van der Waals surface area contributed by atoms with E-state index in [1.54, 1.807) is 6.92 Å². The van der Waals surface area contributed by atoms with Gasteiger partial charge in [0.1, 0.15) is 28.1 Å². The molecule has 0 spiro atoms. The van der Waals surface area contributed by atoms with Crippen molar-refractivity contribution < 1.29 is 13.9 Å². The normalized spacial score (nSPS) is 10.6. The average Bonchev–Trinajstić information content (AvgIpc) is 2.98. The van der Waals surface area contributed by atoms with Crippen LogP contribution in [0.3, 0.4) is 0 Å². The largest absolute Gasteiger partial charge is 0.486 e. The van der Waals surface area contributed by atoms with E-state index in [1.165, 1.54) is 29.5 Å². The van der Waals surface area contributed by atoms with Crippen molar-refractivity contribution in [3.8, 4) is 5.75 Å². The molecule has 0 atom stereocenters. The van der Waals surface area contributed by atoms with E-state index in [0.717, 1.165) is 11.3 Å². The van der Waals surface area contributed by atoms with E-state index in [4.69, 9.17) is 16.3 Å². The number of hydrogen-bond donors (Lipinski definition) is 1. The third kappa shape index (κ3) is 4.39. The van der Waals surface area contributed by atoms with E-state index in [2.05, 4.69) is 10.3 Å². The van der Waals surface area contributed by atoms with Crippen LogP contribution in [0, 0.1) is 19.7 Å². The molecule has 0 bridgehead atoms. The molecule has 0 saturated carbocycles. The van der Waals surface area contributed by atoms with Crippen molar-refractivity contribution in [1.29, 1.82) is 0 Å². The number of amides is 1. The molecule has 3 rings (SSSR count). The molecule has 0 saturated heterocycles. The quantitative estimate of drug-likeness (QED) is 0.636. The summed E-state index contributed by atoms with van der Waals surface area (Å²) in [5.41, 5.74) is 2.19. The minimum absolute atomic E-state index is 0.0454. The maximum atomic E-state index is 13.2. The first-order valence-electron chi connectivity index (χ1n) is 7.84. The summed E-state index contributed by atoms with van der Waals surface area (Å²) in [6.45, 7) is 4.05. The van der Waals surface area contributed by atoms with Crippen LogP contribution in [-0.4, -0.2) is 10.9 Å². The zero-order chi connectivity index (χ0) is 18.7. The molecule has 26 heavy (non-hydrogen) atoms. The Morgan fingerprint density at radius 3 is 2.65 bits per heavy atom. The number of halogens is 2. The van der Waals surface area contributed by atoms with Gasteiger partial charge in [0.25, 0.3) is 5.91 Å². The maximum absolute atomic E-state index is 13.2. The van der Waals surface area contributed by atoms with Gasteiger partial charge in [-0.05, 0) is 44.2 Å². The summed E-state index contributed by atoms with van der Waals surface area (Å²) >= 11 is 7.00. The number of aromatic nitrogens is 1. The molecule has 1 heterocycles. The molecular formula is C19H16ClFN2O2S. The van der Waals surface area contributed by atoms with E-state index in [1.807, 2.05) is 31.2 Å². The molecule has 0 fully saturated rings. The van der Waals surface area contributed by atoms with Crippen LogP contribution in [0.15, 0.2) is 42.5 Å². The van der Waals surface area contributed by atoms with E-state index in [-0.39, 0.29) is 17.5 Å². The van der Waals surface area contributed by atoms with E-state index in [9.17, 15) is 9.18 Å². The summed E-state index contributed by atoms with van der Waals surface area (Å²) in [6, 6.07) is 11.7. The van der Waals surface area contributed by atoms with Gasteiger partial charge in [0.05, 0.1) is 10.7 Å². The predicted octanol–water partition coefficient (Wildman–Crippen LogP) is 5.38. The molecule has 1 aromatic heterocycles. The van der Waals surface area contributed by atoms with Gasteiger partial charge in [-0.25, -0.2) is 9.37 Å². The molecule has 2 aromatic carbocycles. The summed E-state index contributed by atoms with van der Waals surface area (Å²) in [4.78, 5) is 17.3. The summed E-state index contributed by atoms with van der Waals surface area (Å²) < 4.78 is 18.9. The van der Waals surface area contributed by atoms with Crippen LogP contribution in [0.1, 0.15) is 25.9 Å². The Kier molecular flexibility index (Phi) is 5.54. The van der Waals surface area contributed by atoms with Crippen molar-refractivity contribution in [2.75, 3.05) is 5.32 Å². The fourth-order valence-corrected chi connectivity index (χ4v) is 3.32. The molecule has 1 amide bonds. The highest BCUT2D eigenvalue weighted by atomic mass is 35.5. The summed E-state index contributed by atoms with van der Waals surface area (Å²) in [5.74, 6) is -0.103. The van der Waals surface area contributed by atoms with Crippen LogP contribution in [0.25, 0.3) is 0 Å². The number of anilines is 1. The number of nitrogens with one attached hydrogen (secondary N) is 1. The van der Waals surface area contributed by atoms with Crippen molar-refractivity contribution in [3.05, 3.63) is 74.4 Å². The zero-order valence-electron chi connectivity index (χ0n) is 14.2. The Morgan fingerprint density at radius 1 is 1.23 bits per heavy atom. The number of benzene rings is 2. The highest BCUT2D eigenvalue weighted by molar-refractivity contribution is 7.13. The van der Waals surface area contributed by atoms with Crippen molar-refractivity contribution in [2.45, 2.75) is 20.5 Å². The fourth-order valence-electron chi connectivity index (χ4n) is 2.27. The number of thiazole rings is 1. The van der Waals surface area contributed by atoms with Crippen molar-refractivity contribution >= 4 is 34.5 Å². The van der Waals surface area contributed by atoms with E-state index >= 15 is 0 Å². The summed E-state index contributed by atoms with van der Waals surface area (Å²) in [6.07, 6.45) is 0. The average molecular weight is 391 g/mol. The van der Waals surface area contributed by atoms with Crippen LogP contribution in [0.4, 0.5) is 10.1 Å². The second kappa shape index (κ2) is 7.85. The lowest BCUT2D eigenvalue weighted by Crippen LogP contribution is -2.11. The van der Waals surface area contributed by atoms with Gasteiger partial charge in [0.2, 0.25) is 0 Å². The molecule has 3 aromatic rings. The first-order valence-corrected chi connectivity index (χ1v) is 9.04. The number of ether oxygens (including phenoxy) is 1. The predicted molar refractivity (Wildman–Crippen MR) is 102 cm³/mol. The molecule has 7 heteroatoms. The Morgan fingerprint density at radius 2 is 1.96 bits per heavy atom. The molecule has 134 valence electrons. The zero-order valence-corrected chi connectivity index (χ0v) is 15.7. The SMILES string of the molecule is Cc1ccc(OCc2nc(C)c(C(=O)Nc3ccc(F)c(Cl)c3)s2)cc1. The van der Waals surface area contributed by atoms with Gasteiger partial charge in [0, 0.05) is 5.69 Å². The van der Waals surface area contributed by atoms with Gasteiger partial charge >= 0.3 is 0 Å². The molecule has 0 aliphatic heterocycles. The van der Waals surface area contributed by atoms with Crippen LogP contribution in [-0.2, 0) is 6.61 Å². The monoisotopic (exact) mass is 390 g/mol. The molecule has 0 unspecified atom stereocenters. The highest BCUT2D eigenvalue weighted by Crippen LogP contribution is 2.24. The Labute approximate surface area is 159 Å². The van der Waals surface area contributed by atoms with Gasteiger partial charge < -0.3 is 10.1 Å². The van der Waals surface area contributed by atoms with Crippen LogP contribution in [0.5, 0.6) is 5.75 Å². The molecular weight excluding hydrogens is 375 g/mol. The number of carbonyl (C=O) groups is 1. The number of nitrogens with zero attached hydrogens (tertiary/aromatic N) is 1. The van der Waals surface area contributed by atoms with Crippen LogP contribution >= 0.6 is 22.9 Å². The van der Waals surface area contributed by atoms with Gasteiger partial charge in [-0.1, -0.05) is 29.3 Å². The minimum atomic E-state index is -0.533. The first-order chi connectivity index (χ1) is 12.4. The standard InChI is InChI=1S/C19H16ClFN2O2S/c1-11-3-6-14(7-4-11)25-10-17-22-12(2)18(26-17)19(24)23-13-5-8-16(21)15(20)9-13/h3-9H,10H2,1-2H3,(H,23,24). The number of aryl methyl sites for hydroxylation is 2. The molecule has 0 radical (unpaired) electrons. The van der Waals surface area contributed by atoms with Crippen molar-refractivity contribution in [2.24, 2.45) is 0 Å². The smallest absolute Gasteiger partial charge is 0.267 e. The third-order valence-corrected chi connectivity index (χ3v) is 5.03. The Bertz CT molecular complexity index is 941. The van der Waals surface area contributed by atoms with Crippen LogP contribution in [0.2, 0.25) is 5.02 Å². The number of carbonyl (C=O) groups excluding carboxylic acids is 1. The van der Waals surface area contributed by atoms with Gasteiger partial charge in [-0.15, -0.1) is 11.3 Å².